The summed E-state index contributed by atoms with van der Waals surface area (Å²) in [6.07, 6.45) is 10.3. The number of carbonyl (C=O) groups is 1. The van der Waals surface area contributed by atoms with Crippen LogP contribution in [-0.2, 0) is 9.53 Å². The third-order valence-corrected chi connectivity index (χ3v) is 4.14. The summed E-state index contributed by atoms with van der Waals surface area (Å²) in [5.74, 6) is 0.0526. The van der Waals surface area contributed by atoms with Gasteiger partial charge < -0.3 is 15.8 Å². The molecule has 0 aliphatic heterocycles. The lowest BCUT2D eigenvalue weighted by Gasteiger charge is -2.27. The molecule has 0 aromatic rings. The predicted molar refractivity (Wildman–Crippen MR) is 71.2 cm³/mol. The van der Waals surface area contributed by atoms with E-state index in [1.807, 2.05) is 0 Å². The number of carbonyl (C=O) groups excluding carboxylic acids is 1. The molecule has 0 unspecified atom stereocenters. The van der Waals surface area contributed by atoms with Gasteiger partial charge in [0.1, 0.15) is 6.61 Å². The first-order valence-electron chi connectivity index (χ1n) is 7.40. The van der Waals surface area contributed by atoms with Crippen molar-refractivity contribution >= 4 is 5.91 Å². The lowest BCUT2D eigenvalue weighted by Crippen LogP contribution is -2.39. The van der Waals surface area contributed by atoms with Crippen molar-refractivity contribution in [2.75, 3.05) is 6.61 Å². The zero-order chi connectivity index (χ0) is 12.8. The van der Waals surface area contributed by atoms with Crippen LogP contribution in [0.2, 0.25) is 0 Å². The highest BCUT2D eigenvalue weighted by atomic mass is 16.5. The van der Waals surface area contributed by atoms with E-state index in [0.717, 1.165) is 38.5 Å². The van der Waals surface area contributed by atoms with Crippen LogP contribution in [0.1, 0.15) is 57.8 Å². The van der Waals surface area contributed by atoms with Crippen LogP contribution in [0.4, 0.5) is 0 Å². The van der Waals surface area contributed by atoms with Crippen molar-refractivity contribution < 1.29 is 9.53 Å². The van der Waals surface area contributed by atoms with Gasteiger partial charge in [-0.1, -0.05) is 19.3 Å². The van der Waals surface area contributed by atoms with Gasteiger partial charge in [-0.15, -0.1) is 0 Å². The van der Waals surface area contributed by atoms with Gasteiger partial charge in [-0.3, -0.25) is 4.79 Å². The first kappa shape index (κ1) is 13.8. The van der Waals surface area contributed by atoms with Crippen molar-refractivity contribution in [1.29, 1.82) is 0 Å². The Morgan fingerprint density at radius 3 is 2.39 bits per heavy atom. The second-order valence-corrected chi connectivity index (χ2v) is 5.75. The molecule has 0 aromatic carbocycles. The predicted octanol–water partition coefficient (Wildman–Crippen LogP) is 1.72. The molecule has 0 aromatic heterocycles. The van der Waals surface area contributed by atoms with Crippen LogP contribution < -0.4 is 11.1 Å². The van der Waals surface area contributed by atoms with Crippen molar-refractivity contribution in [1.82, 2.24) is 5.32 Å². The Morgan fingerprint density at radius 2 is 1.72 bits per heavy atom. The molecule has 0 saturated heterocycles. The maximum atomic E-state index is 11.8. The molecule has 4 nitrogen and oxygen atoms in total. The van der Waals surface area contributed by atoms with Crippen molar-refractivity contribution in [2.45, 2.75) is 76.0 Å². The molecule has 0 atom stereocenters. The van der Waals surface area contributed by atoms with Gasteiger partial charge in [-0.05, 0) is 38.5 Å². The fraction of sp³-hybridized carbons (Fsp3) is 0.929. The summed E-state index contributed by atoms with van der Waals surface area (Å²) in [7, 11) is 0. The fourth-order valence-corrected chi connectivity index (χ4v) is 2.97. The van der Waals surface area contributed by atoms with Crippen molar-refractivity contribution in [2.24, 2.45) is 5.73 Å². The molecule has 2 saturated carbocycles. The van der Waals surface area contributed by atoms with Gasteiger partial charge in [0.2, 0.25) is 5.91 Å². The Balaban J connectivity index is 1.59. The van der Waals surface area contributed by atoms with E-state index in [2.05, 4.69) is 5.32 Å². The van der Waals surface area contributed by atoms with Gasteiger partial charge in [0, 0.05) is 12.1 Å². The third-order valence-electron chi connectivity index (χ3n) is 4.14. The zero-order valence-electron chi connectivity index (χ0n) is 11.2. The van der Waals surface area contributed by atoms with E-state index in [1.165, 1.54) is 19.3 Å². The largest absolute Gasteiger partial charge is 0.368 e. The molecule has 2 fully saturated rings. The molecule has 3 N–H and O–H groups in total. The molecule has 2 aliphatic carbocycles. The molecule has 18 heavy (non-hydrogen) atoms. The zero-order valence-corrected chi connectivity index (χ0v) is 11.2. The topological polar surface area (TPSA) is 64.3 Å². The van der Waals surface area contributed by atoms with Crippen LogP contribution >= 0.6 is 0 Å². The van der Waals surface area contributed by atoms with Crippen LogP contribution in [0, 0.1) is 0 Å². The molecule has 4 heteroatoms. The van der Waals surface area contributed by atoms with Crippen molar-refractivity contribution in [3.05, 3.63) is 0 Å². The lowest BCUT2D eigenvalue weighted by molar-refractivity contribution is -0.129. The molecular weight excluding hydrogens is 228 g/mol. The molecule has 1 amide bonds. The molecule has 2 aliphatic rings. The van der Waals surface area contributed by atoms with E-state index >= 15 is 0 Å². The Hall–Kier alpha value is -0.610. The molecule has 0 spiro atoms. The lowest BCUT2D eigenvalue weighted by atomic mass is 9.94. The average molecular weight is 254 g/mol. The van der Waals surface area contributed by atoms with Gasteiger partial charge in [-0.25, -0.2) is 0 Å². The maximum absolute atomic E-state index is 11.8. The average Bonchev–Trinajstić information content (AvgIpc) is 2.39. The van der Waals surface area contributed by atoms with Gasteiger partial charge in [-0.2, -0.15) is 0 Å². The maximum Gasteiger partial charge on any atom is 0.246 e. The minimum absolute atomic E-state index is 0.0526. The van der Waals surface area contributed by atoms with E-state index in [-0.39, 0.29) is 18.6 Å². The van der Waals surface area contributed by atoms with Gasteiger partial charge in [0.05, 0.1) is 6.10 Å². The minimum Gasteiger partial charge on any atom is -0.368 e. The highest BCUT2D eigenvalue weighted by Crippen LogP contribution is 2.20. The number of amides is 1. The number of nitrogens with one attached hydrogen (secondary N) is 1. The summed E-state index contributed by atoms with van der Waals surface area (Å²) in [4.78, 5) is 11.8. The van der Waals surface area contributed by atoms with Gasteiger partial charge in [0.25, 0.3) is 0 Å². The Bertz CT molecular complexity index is 257. The summed E-state index contributed by atoms with van der Waals surface area (Å²) in [6, 6.07) is 0.718. The summed E-state index contributed by atoms with van der Waals surface area (Å²) < 4.78 is 5.67. The smallest absolute Gasteiger partial charge is 0.246 e. The van der Waals surface area contributed by atoms with Crippen LogP contribution in [0.15, 0.2) is 0 Å². The summed E-state index contributed by atoms with van der Waals surface area (Å²) >= 11 is 0. The van der Waals surface area contributed by atoms with Crippen molar-refractivity contribution in [3.8, 4) is 0 Å². The fourth-order valence-electron chi connectivity index (χ4n) is 2.97. The number of ether oxygens (including phenoxy) is 1. The third kappa shape index (κ3) is 4.58. The Morgan fingerprint density at radius 1 is 1.06 bits per heavy atom. The van der Waals surface area contributed by atoms with Crippen LogP contribution in [0.3, 0.4) is 0 Å². The monoisotopic (exact) mass is 254 g/mol. The number of rotatable bonds is 4. The number of hydrogen-bond donors (Lipinski definition) is 2. The van der Waals surface area contributed by atoms with Crippen LogP contribution in [0.25, 0.3) is 0 Å². The highest BCUT2D eigenvalue weighted by molar-refractivity contribution is 5.77. The van der Waals surface area contributed by atoms with Crippen LogP contribution in [0.5, 0.6) is 0 Å². The SMILES string of the molecule is NC1CCC(OCC(=O)NC2CCCCC2)CC1. The minimum atomic E-state index is 0.0526. The summed E-state index contributed by atoms with van der Waals surface area (Å²) in [5.41, 5.74) is 5.84. The van der Waals surface area contributed by atoms with Gasteiger partial charge in [0.15, 0.2) is 0 Å². The second-order valence-electron chi connectivity index (χ2n) is 5.75. The van der Waals surface area contributed by atoms with E-state index < -0.39 is 0 Å². The molecule has 0 heterocycles. The summed E-state index contributed by atoms with van der Waals surface area (Å²) in [5, 5.41) is 3.08. The van der Waals surface area contributed by atoms with E-state index in [4.69, 9.17) is 10.5 Å². The Labute approximate surface area is 110 Å². The first-order valence-corrected chi connectivity index (χ1v) is 7.40. The Kier molecular flexibility index (Phi) is 5.45. The molecule has 2 rings (SSSR count). The number of hydrogen-bond acceptors (Lipinski definition) is 3. The van der Waals surface area contributed by atoms with E-state index in [1.54, 1.807) is 0 Å². The van der Waals surface area contributed by atoms with Gasteiger partial charge >= 0.3 is 0 Å². The van der Waals surface area contributed by atoms with Crippen molar-refractivity contribution in [3.63, 3.8) is 0 Å². The molecule has 0 bridgehead atoms. The normalized spacial score (nSPS) is 30.1. The molecule has 104 valence electrons. The van der Waals surface area contributed by atoms with Crippen LogP contribution in [-0.4, -0.2) is 30.7 Å². The first-order chi connectivity index (χ1) is 8.74. The quantitative estimate of drug-likeness (QED) is 0.803. The van der Waals surface area contributed by atoms with E-state index in [0.29, 0.717) is 12.1 Å². The molecule has 0 radical (unpaired) electrons. The summed E-state index contributed by atoms with van der Waals surface area (Å²) in [6.45, 7) is 0.219. The number of nitrogens with two attached hydrogens (primary N) is 1. The standard InChI is InChI=1S/C14H26N2O2/c15-11-6-8-13(9-7-11)18-10-14(17)16-12-4-2-1-3-5-12/h11-13H,1-10,15H2,(H,16,17). The highest BCUT2D eigenvalue weighted by Gasteiger charge is 2.21. The second kappa shape index (κ2) is 7.10. The molecular formula is C14H26N2O2. The van der Waals surface area contributed by atoms with E-state index in [9.17, 15) is 4.79 Å².